The van der Waals surface area contributed by atoms with E-state index in [2.05, 4.69) is 10.6 Å². The monoisotopic (exact) mass is 419 g/mol. The number of nitrogens with zero attached hydrogens (tertiary/aromatic N) is 1. The molecule has 1 saturated heterocycles. The largest absolute Gasteiger partial charge is 0.444 e. The van der Waals surface area contributed by atoms with Crippen molar-refractivity contribution in [3.8, 4) is 0 Å². The highest BCUT2D eigenvalue weighted by atomic mass is 19.1. The topological polar surface area (TPSA) is 87.7 Å². The highest BCUT2D eigenvalue weighted by Gasteiger charge is 2.23. The Kier molecular flexibility index (Phi) is 8.38. The van der Waals surface area contributed by atoms with Crippen molar-refractivity contribution in [3.63, 3.8) is 0 Å². The molecule has 1 aliphatic rings. The number of piperidine rings is 1. The SMILES string of the molecule is CC(C)(C)OC(=O)NCCC(=O)N1CCC(NC(=O)/C=C/c2ccccc2F)CC1. The molecule has 1 aromatic rings. The number of amides is 3. The van der Waals surface area contributed by atoms with Gasteiger partial charge >= 0.3 is 6.09 Å². The molecule has 1 aromatic carbocycles. The number of hydrogen-bond acceptors (Lipinski definition) is 4. The van der Waals surface area contributed by atoms with Gasteiger partial charge in [0, 0.05) is 43.7 Å². The fourth-order valence-corrected chi connectivity index (χ4v) is 3.04. The number of hydrogen-bond donors (Lipinski definition) is 2. The summed E-state index contributed by atoms with van der Waals surface area (Å²) < 4.78 is 18.7. The lowest BCUT2D eigenvalue weighted by atomic mass is 10.0. The second-order valence-electron chi connectivity index (χ2n) is 8.20. The van der Waals surface area contributed by atoms with E-state index < -0.39 is 11.7 Å². The predicted molar refractivity (Wildman–Crippen MR) is 112 cm³/mol. The minimum absolute atomic E-state index is 0.0355. The predicted octanol–water partition coefficient (Wildman–Crippen LogP) is 2.86. The first kappa shape index (κ1) is 23.4. The third kappa shape index (κ3) is 8.23. The summed E-state index contributed by atoms with van der Waals surface area (Å²) in [5.74, 6) is -0.714. The van der Waals surface area contributed by atoms with Crippen LogP contribution in [0.1, 0.15) is 45.6 Å². The molecule has 0 unspecified atom stereocenters. The molecule has 0 aromatic heterocycles. The van der Waals surface area contributed by atoms with Gasteiger partial charge in [-0.2, -0.15) is 0 Å². The average Bonchev–Trinajstić information content (AvgIpc) is 2.66. The molecule has 0 bridgehead atoms. The van der Waals surface area contributed by atoms with Crippen LogP contribution in [0, 0.1) is 5.82 Å². The standard InChI is InChI=1S/C22H30FN3O4/c1-22(2,3)30-21(29)24-13-10-20(28)26-14-11-17(12-15-26)25-19(27)9-8-16-6-4-5-7-18(16)23/h4-9,17H,10-15H2,1-3H3,(H,24,29)(H,25,27)/b9-8+. The second-order valence-corrected chi connectivity index (χ2v) is 8.20. The summed E-state index contributed by atoms with van der Waals surface area (Å²) in [6.45, 7) is 6.61. The van der Waals surface area contributed by atoms with E-state index in [-0.39, 0.29) is 36.6 Å². The van der Waals surface area contributed by atoms with Gasteiger partial charge in [0.25, 0.3) is 0 Å². The van der Waals surface area contributed by atoms with Crippen molar-refractivity contribution < 1.29 is 23.5 Å². The summed E-state index contributed by atoms with van der Waals surface area (Å²) in [6.07, 6.45) is 3.70. The van der Waals surface area contributed by atoms with Crippen LogP contribution in [0.2, 0.25) is 0 Å². The van der Waals surface area contributed by atoms with Crippen LogP contribution in [0.5, 0.6) is 0 Å². The number of benzene rings is 1. The Bertz CT molecular complexity index is 781. The van der Waals surface area contributed by atoms with Crippen molar-refractivity contribution >= 4 is 24.0 Å². The Labute approximate surface area is 176 Å². The van der Waals surface area contributed by atoms with Crippen LogP contribution < -0.4 is 10.6 Å². The van der Waals surface area contributed by atoms with Crippen LogP contribution in [-0.4, -0.2) is 54.1 Å². The number of halogens is 1. The molecule has 1 aliphatic heterocycles. The lowest BCUT2D eigenvalue weighted by molar-refractivity contribution is -0.132. The third-order valence-electron chi connectivity index (χ3n) is 4.52. The molecule has 0 saturated carbocycles. The summed E-state index contributed by atoms with van der Waals surface area (Å²) in [7, 11) is 0. The molecule has 0 atom stereocenters. The van der Waals surface area contributed by atoms with Crippen molar-refractivity contribution in [3.05, 3.63) is 41.7 Å². The normalized spacial score (nSPS) is 15.1. The lowest BCUT2D eigenvalue weighted by Gasteiger charge is -2.32. The molecular weight excluding hydrogens is 389 g/mol. The molecule has 7 nitrogen and oxygen atoms in total. The van der Waals surface area contributed by atoms with Gasteiger partial charge in [-0.05, 0) is 45.8 Å². The van der Waals surface area contributed by atoms with Gasteiger partial charge < -0.3 is 20.3 Å². The van der Waals surface area contributed by atoms with Gasteiger partial charge in [-0.1, -0.05) is 18.2 Å². The van der Waals surface area contributed by atoms with Crippen LogP contribution in [0.3, 0.4) is 0 Å². The number of rotatable bonds is 6. The van der Waals surface area contributed by atoms with Gasteiger partial charge in [0.05, 0.1) is 0 Å². The Morgan fingerprint density at radius 1 is 1.20 bits per heavy atom. The van der Waals surface area contributed by atoms with Crippen LogP contribution in [0.4, 0.5) is 9.18 Å². The molecule has 164 valence electrons. The van der Waals surface area contributed by atoms with Crippen molar-refractivity contribution in [2.45, 2.75) is 51.7 Å². The summed E-state index contributed by atoms with van der Waals surface area (Å²) >= 11 is 0. The molecule has 8 heteroatoms. The molecule has 0 radical (unpaired) electrons. The quantitative estimate of drug-likeness (QED) is 0.694. The molecule has 2 rings (SSSR count). The highest BCUT2D eigenvalue weighted by molar-refractivity contribution is 5.92. The molecule has 1 fully saturated rings. The zero-order chi connectivity index (χ0) is 22.1. The minimum Gasteiger partial charge on any atom is -0.444 e. The average molecular weight is 419 g/mol. The number of likely N-dealkylation sites (tertiary alicyclic amines) is 1. The van der Waals surface area contributed by atoms with E-state index in [4.69, 9.17) is 4.74 Å². The van der Waals surface area contributed by atoms with Crippen LogP contribution in [0.25, 0.3) is 6.08 Å². The molecular formula is C22H30FN3O4. The van der Waals surface area contributed by atoms with Crippen molar-refractivity contribution in [1.82, 2.24) is 15.5 Å². The van der Waals surface area contributed by atoms with Gasteiger partial charge in [-0.3, -0.25) is 9.59 Å². The van der Waals surface area contributed by atoms with E-state index in [1.54, 1.807) is 43.9 Å². The van der Waals surface area contributed by atoms with Gasteiger partial charge in [-0.25, -0.2) is 9.18 Å². The fraction of sp³-hybridized carbons (Fsp3) is 0.500. The Balaban J connectivity index is 1.68. The van der Waals surface area contributed by atoms with E-state index in [1.165, 1.54) is 18.2 Å². The van der Waals surface area contributed by atoms with E-state index >= 15 is 0 Å². The number of alkyl carbamates (subject to hydrolysis) is 1. The molecule has 0 spiro atoms. The molecule has 1 heterocycles. The lowest BCUT2D eigenvalue weighted by Crippen LogP contribution is -2.46. The zero-order valence-corrected chi connectivity index (χ0v) is 17.7. The zero-order valence-electron chi connectivity index (χ0n) is 17.7. The first-order chi connectivity index (χ1) is 14.1. The minimum atomic E-state index is -0.579. The van der Waals surface area contributed by atoms with Crippen LogP contribution >= 0.6 is 0 Å². The second kappa shape index (κ2) is 10.8. The summed E-state index contributed by atoms with van der Waals surface area (Å²) in [4.78, 5) is 37.7. The Morgan fingerprint density at radius 2 is 1.87 bits per heavy atom. The van der Waals surface area contributed by atoms with Crippen molar-refractivity contribution in [2.24, 2.45) is 0 Å². The maximum absolute atomic E-state index is 13.6. The van der Waals surface area contributed by atoms with E-state index in [0.29, 0.717) is 31.5 Å². The summed E-state index contributed by atoms with van der Waals surface area (Å²) in [5.41, 5.74) is -0.224. The van der Waals surface area contributed by atoms with Crippen LogP contribution in [-0.2, 0) is 14.3 Å². The van der Waals surface area contributed by atoms with E-state index in [9.17, 15) is 18.8 Å². The summed E-state index contributed by atoms with van der Waals surface area (Å²) in [6, 6.07) is 6.20. The number of carbonyl (C=O) groups is 3. The number of carbonyl (C=O) groups excluding carboxylic acids is 3. The van der Waals surface area contributed by atoms with Crippen molar-refractivity contribution in [1.29, 1.82) is 0 Å². The number of nitrogens with one attached hydrogen (secondary N) is 2. The highest BCUT2D eigenvalue weighted by Crippen LogP contribution is 2.12. The van der Waals surface area contributed by atoms with Gasteiger partial charge in [-0.15, -0.1) is 0 Å². The third-order valence-corrected chi connectivity index (χ3v) is 4.52. The molecule has 30 heavy (non-hydrogen) atoms. The van der Waals surface area contributed by atoms with Crippen LogP contribution in [0.15, 0.2) is 30.3 Å². The molecule has 0 aliphatic carbocycles. The first-order valence-electron chi connectivity index (χ1n) is 10.1. The number of ether oxygens (including phenoxy) is 1. The summed E-state index contributed by atoms with van der Waals surface area (Å²) in [5, 5.41) is 5.46. The smallest absolute Gasteiger partial charge is 0.407 e. The Morgan fingerprint density at radius 3 is 2.50 bits per heavy atom. The van der Waals surface area contributed by atoms with E-state index in [0.717, 1.165) is 0 Å². The van der Waals surface area contributed by atoms with E-state index in [1.807, 2.05) is 0 Å². The van der Waals surface area contributed by atoms with Crippen molar-refractivity contribution in [2.75, 3.05) is 19.6 Å². The van der Waals surface area contributed by atoms with Gasteiger partial charge in [0.1, 0.15) is 11.4 Å². The maximum Gasteiger partial charge on any atom is 0.407 e. The fourth-order valence-electron chi connectivity index (χ4n) is 3.04. The first-order valence-corrected chi connectivity index (χ1v) is 10.1. The van der Waals surface area contributed by atoms with Gasteiger partial charge in [0.2, 0.25) is 11.8 Å². The molecule has 2 N–H and O–H groups in total. The van der Waals surface area contributed by atoms with Gasteiger partial charge in [0.15, 0.2) is 0 Å². The maximum atomic E-state index is 13.6. The Hall–Kier alpha value is -2.90. The molecule has 3 amide bonds.